The van der Waals surface area contributed by atoms with Gasteiger partial charge in [0.2, 0.25) is 0 Å². The van der Waals surface area contributed by atoms with E-state index in [2.05, 4.69) is 0 Å². The van der Waals surface area contributed by atoms with Crippen molar-refractivity contribution in [1.82, 2.24) is 0 Å². The van der Waals surface area contributed by atoms with Crippen molar-refractivity contribution in [3.8, 4) is 5.75 Å². The van der Waals surface area contributed by atoms with E-state index in [0.29, 0.717) is 16.9 Å². The van der Waals surface area contributed by atoms with Gasteiger partial charge in [-0.3, -0.25) is 4.79 Å². The maximum atomic E-state index is 12.4. The first-order chi connectivity index (χ1) is 10.5. The number of fused-ring (bicyclic) bond motifs is 1. The highest BCUT2D eigenvalue weighted by molar-refractivity contribution is 6.00. The van der Waals surface area contributed by atoms with Gasteiger partial charge in [0, 0.05) is 0 Å². The topological polar surface area (TPSA) is 63.6 Å². The smallest absolute Gasteiger partial charge is 0.335 e. The maximum absolute atomic E-state index is 12.4. The van der Waals surface area contributed by atoms with Crippen molar-refractivity contribution >= 4 is 11.8 Å². The molecule has 1 N–H and O–H groups in total. The summed E-state index contributed by atoms with van der Waals surface area (Å²) in [6.07, 6.45) is -0.222. The number of benzene rings is 2. The van der Waals surface area contributed by atoms with Gasteiger partial charge in [-0.2, -0.15) is 0 Å². The first kappa shape index (κ1) is 14.3. The molecule has 1 aliphatic heterocycles. The fraction of sp³-hybridized carbons (Fsp3) is 0.222. The third-order valence-electron chi connectivity index (χ3n) is 4.04. The van der Waals surface area contributed by atoms with Crippen molar-refractivity contribution in [2.24, 2.45) is 0 Å². The van der Waals surface area contributed by atoms with Crippen molar-refractivity contribution in [3.63, 3.8) is 0 Å². The first-order valence-electron chi connectivity index (χ1n) is 7.10. The molecular formula is C18H16O4. The number of ketones is 1. The number of aromatic carboxylic acids is 1. The molecular weight excluding hydrogens is 280 g/mol. The van der Waals surface area contributed by atoms with Gasteiger partial charge in [-0.1, -0.05) is 12.1 Å². The number of carbonyl (C=O) groups is 2. The molecule has 0 saturated heterocycles. The molecule has 0 fully saturated rings. The van der Waals surface area contributed by atoms with Gasteiger partial charge in [0.15, 0.2) is 5.78 Å². The molecule has 112 valence electrons. The van der Waals surface area contributed by atoms with E-state index in [1.165, 1.54) is 6.07 Å². The summed E-state index contributed by atoms with van der Waals surface area (Å²) >= 11 is 0. The van der Waals surface area contributed by atoms with Crippen LogP contribution in [0.1, 0.15) is 49.9 Å². The van der Waals surface area contributed by atoms with E-state index in [0.717, 1.165) is 11.1 Å². The second kappa shape index (κ2) is 5.30. The normalized spacial score (nSPS) is 16.8. The number of carboxylic acid groups (broad SMARTS) is 1. The third-order valence-corrected chi connectivity index (χ3v) is 4.04. The van der Waals surface area contributed by atoms with E-state index in [4.69, 9.17) is 9.84 Å². The summed E-state index contributed by atoms with van der Waals surface area (Å²) in [5.74, 6) is -0.393. The summed E-state index contributed by atoms with van der Waals surface area (Å²) in [6, 6.07) is 10.3. The first-order valence-corrected chi connectivity index (χ1v) is 7.10. The largest absolute Gasteiger partial charge is 0.484 e. The van der Waals surface area contributed by atoms with Crippen molar-refractivity contribution in [2.75, 3.05) is 0 Å². The van der Waals surface area contributed by atoms with Gasteiger partial charge in [-0.05, 0) is 54.8 Å². The molecule has 0 aliphatic carbocycles. The van der Waals surface area contributed by atoms with Crippen LogP contribution in [-0.2, 0) is 0 Å². The number of hydrogen-bond donors (Lipinski definition) is 1. The van der Waals surface area contributed by atoms with Gasteiger partial charge >= 0.3 is 5.97 Å². The second-order valence-corrected chi connectivity index (χ2v) is 5.60. The Morgan fingerprint density at radius 2 is 1.91 bits per heavy atom. The van der Waals surface area contributed by atoms with Crippen LogP contribution in [0, 0.1) is 13.8 Å². The minimum absolute atomic E-state index is 0.0232. The monoisotopic (exact) mass is 296 g/mol. The number of Topliss-reactive ketones (excluding diaryl/α,β-unsaturated/α-hetero) is 1. The molecule has 2 aromatic carbocycles. The zero-order valence-electron chi connectivity index (χ0n) is 12.4. The van der Waals surface area contributed by atoms with Crippen molar-refractivity contribution in [3.05, 3.63) is 64.2 Å². The van der Waals surface area contributed by atoms with Gasteiger partial charge in [-0.25, -0.2) is 4.79 Å². The van der Waals surface area contributed by atoms with Gasteiger partial charge in [0.1, 0.15) is 11.9 Å². The van der Waals surface area contributed by atoms with E-state index < -0.39 is 12.1 Å². The fourth-order valence-corrected chi connectivity index (χ4v) is 2.64. The van der Waals surface area contributed by atoms with Crippen LogP contribution in [0.3, 0.4) is 0 Å². The number of rotatable bonds is 2. The summed E-state index contributed by atoms with van der Waals surface area (Å²) in [5, 5.41) is 9.08. The van der Waals surface area contributed by atoms with Crippen molar-refractivity contribution in [1.29, 1.82) is 0 Å². The summed E-state index contributed by atoms with van der Waals surface area (Å²) in [5.41, 5.74) is 3.62. The SMILES string of the molecule is Cc1cc2c(cc1C)C(=O)CC(c1cccc(C(=O)O)c1)O2. The number of aryl methyl sites for hydroxylation is 2. The van der Waals surface area contributed by atoms with Crippen molar-refractivity contribution in [2.45, 2.75) is 26.4 Å². The average molecular weight is 296 g/mol. The third kappa shape index (κ3) is 2.48. The molecule has 1 unspecified atom stereocenters. The summed E-state index contributed by atoms with van der Waals surface area (Å²) in [4.78, 5) is 23.4. The molecule has 1 aliphatic rings. The highest BCUT2D eigenvalue weighted by Crippen LogP contribution is 2.36. The van der Waals surface area contributed by atoms with Crippen LogP contribution in [-0.4, -0.2) is 16.9 Å². The lowest BCUT2D eigenvalue weighted by atomic mass is 9.93. The predicted molar refractivity (Wildman–Crippen MR) is 81.6 cm³/mol. The Morgan fingerprint density at radius 1 is 1.18 bits per heavy atom. The number of hydrogen-bond acceptors (Lipinski definition) is 3. The Kier molecular flexibility index (Phi) is 3.45. The molecule has 22 heavy (non-hydrogen) atoms. The average Bonchev–Trinajstić information content (AvgIpc) is 2.49. The Morgan fingerprint density at radius 3 is 2.64 bits per heavy atom. The van der Waals surface area contributed by atoms with Gasteiger partial charge < -0.3 is 9.84 Å². The molecule has 0 aromatic heterocycles. The van der Waals surface area contributed by atoms with E-state index >= 15 is 0 Å². The van der Waals surface area contributed by atoms with Gasteiger partial charge in [0.05, 0.1) is 17.5 Å². The Hall–Kier alpha value is -2.62. The molecule has 4 nitrogen and oxygen atoms in total. The molecule has 1 heterocycles. The number of carboxylic acids is 1. The fourth-order valence-electron chi connectivity index (χ4n) is 2.64. The van der Waals surface area contributed by atoms with Crippen LogP contribution >= 0.6 is 0 Å². The Labute approximate surface area is 128 Å². The second-order valence-electron chi connectivity index (χ2n) is 5.60. The van der Waals surface area contributed by atoms with E-state index in [1.807, 2.05) is 26.0 Å². The molecule has 4 heteroatoms. The zero-order chi connectivity index (χ0) is 15.9. The lowest BCUT2D eigenvalue weighted by Crippen LogP contribution is -2.21. The summed E-state index contributed by atoms with van der Waals surface area (Å²) in [6.45, 7) is 3.93. The van der Waals surface area contributed by atoms with Gasteiger partial charge in [0.25, 0.3) is 0 Å². The zero-order valence-corrected chi connectivity index (χ0v) is 12.4. The van der Waals surface area contributed by atoms with Crippen molar-refractivity contribution < 1.29 is 19.4 Å². The molecule has 0 amide bonds. The van der Waals surface area contributed by atoms with Crippen LogP contribution in [0.4, 0.5) is 0 Å². The standard InChI is InChI=1S/C18H16O4/c1-10-6-14-15(19)9-16(22-17(14)7-11(10)2)12-4-3-5-13(8-12)18(20)21/h3-8,16H,9H2,1-2H3,(H,20,21). The van der Waals surface area contributed by atoms with Crippen LogP contribution in [0.25, 0.3) is 0 Å². The maximum Gasteiger partial charge on any atom is 0.335 e. The minimum atomic E-state index is -0.990. The quantitative estimate of drug-likeness (QED) is 0.917. The Bertz CT molecular complexity index is 777. The highest BCUT2D eigenvalue weighted by atomic mass is 16.5. The molecule has 3 rings (SSSR count). The van der Waals surface area contributed by atoms with E-state index in [-0.39, 0.29) is 17.8 Å². The van der Waals surface area contributed by atoms with Crippen LogP contribution < -0.4 is 4.74 Å². The lowest BCUT2D eigenvalue weighted by Gasteiger charge is -2.26. The number of carbonyl (C=O) groups excluding carboxylic acids is 1. The highest BCUT2D eigenvalue weighted by Gasteiger charge is 2.28. The summed E-state index contributed by atoms with van der Waals surface area (Å²) < 4.78 is 5.95. The van der Waals surface area contributed by atoms with Crippen LogP contribution in [0.15, 0.2) is 36.4 Å². The summed E-state index contributed by atoms with van der Waals surface area (Å²) in [7, 11) is 0. The van der Waals surface area contributed by atoms with E-state index in [9.17, 15) is 9.59 Å². The molecule has 0 spiro atoms. The van der Waals surface area contributed by atoms with Crippen LogP contribution in [0.2, 0.25) is 0 Å². The molecule has 2 aromatic rings. The molecule has 1 atom stereocenters. The molecule has 0 radical (unpaired) electrons. The predicted octanol–water partition coefficient (Wildman–Crippen LogP) is 3.71. The van der Waals surface area contributed by atoms with Gasteiger partial charge in [-0.15, -0.1) is 0 Å². The number of ether oxygens (including phenoxy) is 1. The minimum Gasteiger partial charge on any atom is -0.484 e. The van der Waals surface area contributed by atoms with E-state index in [1.54, 1.807) is 18.2 Å². The van der Waals surface area contributed by atoms with Crippen LogP contribution in [0.5, 0.6) is 5.75 Å². The molecule has 0 saturated carbocycles. The molecule has 0 bridgehead atoms. The lowest BCUT2D eigenvalue weighted by molar-refractivity contribution is 0.0696. The Balaban J connectivity index is 1.98.